The van der Waals surface area contributed by atoms with E-state index in [4.69, 9.17) is 10.5 Å². The third-order valence-corrected chi connectivity index (χ3v) is 11.5. The Morgan fingerprint density at radius 1 is 1.02 bits per heavy atom. The van der Waals surface area contributed by atoms with Gasteiger partial charge in [0.15, 0.2) is 12.3 Å². The number of β-lactam (4-membered cyclic amide) rings is 1. The number of aliphatic carboxylic acids is 1. The predicted octanol–water partition coefficient (Wildman–Crippen LogP) is 1.55. The molecule has 4 fully saturated rings. The minimum absolute atomic E-state index is 0.0454. The first-order valence-corrected chi connectivity index (χ1v) is 16.3. The number of piperazine rings is 3. The third-order valence-electron chi connectivity index (χ3n) is 11.5. The number of nitrogens with two attached hydrogens (primary N) is 1. The molecule has 11 heteroatoms. The van der Waals surface area contributed by atoms with E-state index in [1.165, 1.54) is 4.90 Å². The van der Waals surface area contributed by atoms with Gasteiger partial charge in [0.25, 0.3) is 5.91 Å². The zero-order valence-electron chi connectivity index (χ0n) is 26.4. The minimum atomic E-state index is -1.20. The Bertz CT molecular complexity index is 1670. The minimum Gasteiger partial charge on any atom is -0.488 e. The molecule has 0 spiro atoms. The van der Waals surface area contributed by atoms with Crippen LogP contribution in [0.4, 0.5) is 0 Å². The molecule has 0 saturated carbocycles. The zero-order chi connectivity index (χ0) is 32.5. The SMILES string of the molecule is CC(O)C1C(=O)N2C(C(=O)O)=C(COc3cccc4c3-c3ccc(CCC[N+]56CC[N+](CC(N)=O)(CC5)CC6)cc3C4=O)[C@H](C)C12. The number of primary amides is 1. The van der Waals surface area contributed by atoms with E-state index in [0.717, 1.165) is 78.7 Å². The van der Waals surface area contributed by atoms with Crippen LogP contribution in [0.1, 0.15) is 41.8 Å². The summed E-state index contributed by atoms with van der Waals surface area (Å²) in [6.45, 7) is 11.1. The van der Waals surface area contributed by atoms with Gasteiger partial charge in [0, 0.05) is 34.6 Å². The monoisotopic (exact) mass is 630 g/mol. The van der Waals surface area contributed by atoms with Crippen LogP contribution >= 0.6 is 0 Å². The lowest BCUT2D eigenvalue weighted by atomic mass is 9.78. The summed E-state index contributed by atoms with van der Waals surface area (Å²) < 4.78 is 8.20. The molecule has 4 atom stereocenters. The van der Waals surface area contributed by atoms with Gasteiger partial charge in [-0.15, -0.1) is 0 Å². The topological polar surface area (TPSA) is 147 Å². The van der Waals surface area contributed by atoms with Crippen molar-refractivity contribution in [2.24, 2.45) is 17.6 Å². The highest BCUT2D eigenvalue weighted by atomic mass is 16.5. The largest absolute Gasteiger partial charge is 0.488 e. The summed E-state index contributed by atoms with van der Waals surface area (Å²) in [5.74, 6) is -2.29. The summed E-state index contributed by atoms with van der Waals surface area (Å²) in [6.07, 6.45) is 1.01. The summed E-state index contributed by atoms with van der Waals surface area (Å²) in [6, 6.07) is 11.0. The van der Waals surface area contributed by atoms with Crippen LogP contribution in [0.25, 0.3) is 11.1 Å². The Morgan fingerprint density at radius 2 is 1.72 bits per heavy atom. The van der Waals surface area contributed by atoms with Crippen LogP contribution in [-0.2, 0) is 20.8 Å². The highest BCUT2D eigenvalue weighted by molar-refractivity contribution is 6.22. The highest BCUT2D eigenvalue weighted by Crippen LogP contribution is 2.48. The number of aliphatic hydroxyl groups excluding tert-OH is 1. The second-order valence-electron chi connectivity index (χ2n) is 14.1. The number of aliphatic hydroxyl groups is 1. The van der Waals surface area contributed by atoms with Gasteiger partial charge in [-0.25, -0.2) is 4.79 Å². The first kappa shape index (κ1) is 30.6. The molecule has 2 aromatic carbocycles. The maximum Gasteiger partial charge on any atom is 0.352 e. The molecule has 5 aliphatic heterocycles. The summed E-state index contributed by atoms with van der Waals surface area (Å²) >= 11 is 0. The quantitative estimate of drug-likeness (QED) is 0.215. The van der Waals surface area contributed by atoms with Gasteiger partial charge >= 0.3 is 5.97 Å². The van der Waals surface area contributed by atoms with E-state index in [0.29, 0.717) is 34.6 Å². The molecule has 1 aliphatic carbocycles. The molecule has 0 radical (unpaired) electrons. The maximum absolute atomic E-state index is 13.6. The van der Waals surface area contributed by atoms with Crippen molar-refractivity contribution in [1.29, 1.82) is 0 Å². The molecule has 4 N–H and O–H groups in total. The van der Waals surface area contributed by atoms with Crippen LogP contribution in [0.15, 0.2) is 47.7 Å². The van der Waals surface area contributed by atoms with Gasteiger partial charge in [-0.2, -0.15) is 0 Å². The Balaban J connectivity index is 1.05. The van der Waals surface area contributed by atoms with Gasteiger partial charge in [-0.05, 0) is 36.6 Å². The molecule has 242 valence electrons. The molecular formula is C35H42N4O7+2. The van der Waals surface area contributed by atoms with Gasteiger partial charge in [0.05, 0.1) is 24.6 Å². The Morgan fingerprint density at radius 3 is 2.37 bits per heavy atom. The summed E-state index contributed by atoms with van der Waals surface area (Å²) in [4.78, 5) is 51.4. The zero-order valence-corrected chi connectivity index (χ0v) is 26.4. The Labute approximate surface area is 268 Å². The molecule has 3 unspecified atom stereocenters. The van der Waals surface area contributed by atoms with Crippen molar-refractivity contribution in [3.63, 3.8) is 0 Å². The molecule has 11 nitrogen and oxygen atoms in total. The number of hydrogen-bond acceptors (Lipinski definition) is 6. The normalized spacial score (nSPS) is 29.7. The van der Waals surface area contributed by atoms with Crippen molar-refractivity contribution in [2.45, 2.75) is 38.8 Å². The first-order chi connectivity index (χ1) is 21.9. The number of aryl methyl sites for hydroxylation is 1. The lowest BCUT2D eigenvalue weighted by Crippen LogP contribution is -2.76. The summed E-state index contributed by atoms with van der Waals surface area (Å²) in [7, 11) is 0. The number of carboxylic acid groups (broad SMARTS) is 1. The van der Waals surface area contributed by atoms with Crippen molar-refractivity contribution >= 4 is 23.6 Å². The smallest absolute Gasteiger partial charge is 0.352 e. The standard InChI is InChI=1S/C35H40N4O7/c1-20-26(32(35(44)45)37-31(20)29(21(2)40)34(37)43)19-46-27-7-3-6-24-30(27)23-9-8-22(17-25(23)33(24)42)5-4-10-38-11-14-39(15-12-38,16-13-38)18-28(36)41/h3,6-9,17,20-21,29,31,40H,4-5,10-16,18-19H2,1-2H3,(H-2,36,41,44,45)/p+2/t20-,21?,29?,31?,38?,39?/m0/s1. The number of quaternary nitrogens is 2. The van der Waals surface area contributed by atoms with Crippen molar-refractivity contribution in [1.82, 2.24) is 4.90 Å². The number of benzene rings is 2. The average molecular weight is 631 g/mol. The summed E-state index contributed by atoms with van der Waals surface area (Å²) in [5, 5.41) is 20.1. The van der Waals surface area contributed by atoms with E-state index in [1.807, 2.05) is 19.1 Å². The lowest BCUT2D eigenvalue weighted by Gasteiger charge is -2.55. The number of nitrogens with zero attached hydrogens (tertiary/aromatic N) is 3. The fourth-order valence-corrected chi connectivity index (χ4v) is 8.87. The van der Waals surface area contributed by atoms with Gasteiger partial charge in [-0.3, -0.25) is 14.4 Å². The molecule has 46 heavy (non-hydrogen) atoms. The second kappa shape index (κ2) is 11.0. The van der Waals surface area contributed by atoms with Gasteiger partial charge < -0.3 is 34.5 Å². The molecule has 8 rings (SSSR count). The predicted molar refractivity (Wildman–Crippen MR) is 167 cm³/mol. The lowest BCUT2D eigenvalue weighted by molar-refractivity contribution is -1.08. The Kier molecular flexibility index (Phi) is 7.34. The van der Waals surface area contributed by atoms with Crippen molar-refractivity contribution in [2.75, 3.05) is 59.0 Å². The molecule has 2 bridgehead atoms. The third kappa shape index (κ3) is 4.75. The molecule has 2 aromatic rings. The van der Waals surface area contributed by atoms with Crippen LogP contribution in [0, 0.1) is 11.8 Å². The fraction of sp³-hybridized carbons (Fsp3) is 0.486. The van der Waals surface area contributed by atoms with E-state index in [2.05, 4.69) is 6.07 Å². The molecule has 0 aromatic heterocycles. The molecule has 4 saturated heterocycles. The number of rotatable bonds is 11. The van der Waals surface area contributed by atoms with E-state index in [1.54, 1.807) is 25.1 Å². The maximum atomic E-state index is 13.6. The van der Waals surface area contributed by atoms with E-state index >= 15 is 0 Å². The van der Waals surface area contributed by atoms with Crippen molar-refractivity contribution in [3.05, 3.63) is 64.4 Å². The number of carboxylic acids is 1. The van der Waals surface area contributed by atoms with E-state index in [9.17, 15) is 29.4 Å². The van der Waals surface area contributed by atoms with E-state index < -0.39 is 24.0 Å². The molecular weight excluding hydrogens is 588 g/mol. The van der Waals surface area contributed by atoms with Crippen LogP contribution in [0.5, 0.6) is 5.75 Å². The second-order valence-corrected chi connectivity index (χ2v) is 14.1. The van der Waals surface area contributed by atoms with Crippen LogP contribution < -0.4 is 10.5 Å². The number of fused-ring (bicyclic) bond motifs is 7. The van der Waals surface area contributed by atoms with Crippen LogP contribution in [0.2, 0.25) is 0 Å². The van der Waals surface area contributed by atoms with Gasteiger partial charge in [0.2, 0.25) is 5.91 Å². The average Bonchev–Trinajstić information content (AvgIpc) is 3.44. The number of hydrogen-bond donors (Lipinski definition) is 3. The van der Waals surface area contributed by atoms with E-state index in [-0.39, 0.29) is 35.8 Å². The number of carbonyl (C=O) groups excluding carboxylic acids is 3. The molecule has 6 aliphatic rings. The van der Waals surface area contributed by atoms with Crippen LogP contribution in [0.3, 0.4) is 0 Å². The first-order valence-electron chi connectivity index (χ1n) is 16.3. The van der Waals surface area contributed by atoms with Crippen molar-refractivity contribution in [3.8, 4) is 16.9 Å². The van der Waals surface area contributed by atoms with Gasteiger partial charge in [-0.1, -0.05) is 31.2 Å². The Hall–Kier alpha value is -4.06. The highest BCUT2D eigenvalue weighted by Gasteiger charge is 2.60. The molecule has 2 amide bonds. The molecule has 5 heterocycles. The summed E-state index contributed by atoms with van der Waals surface area (Å²) in [5.41, 5.74) is 9.78. The van der Waals surface area contributed by atoms with Gasteiger partial charge in [0.1, 0.15) is 57.3 Å². The van der Waals surface area contributed by atoms with Crippen molar-refractivity contribution < 1.29 is 43.1 Å². The number of amides is 2. The number of ether oxygens (including phenoxy) is 1. The number of carbonyl (C=O) groups is 4. The fourth-order valence-electron chi connectivity index (χ4n) is 8.87. The number of ketones is 1. The van der Waals surface area contributed by atoms with Crippen LogP contribution in [-0.4, -0.2) is 119 Å².